The van der Waals surface area contributed by atoms with Crippen LogP contribution in [0.1, 0.15) is 23.7 Å². The van der Waals surface area contributed by atoms with Gasteiger partial charge < -0.3 is 24.6 Å². The monoisotopic (exact) mass is 297 g/mol. The van der Waals surface area contributed by atoms with Crippen molar-refractivity contribution in [3.8, 4) is 11.5 Å². The molecular formula is C15H23NO5. The summed E-state index contributed by atoms with van der Waals surface area (Å²) >= 11 is 0. The Labute approximate surface area is 125 Å². The number of ether oxygens (including phenoxy) is 3. The third kappa shape index (κ3) is 6.01. The summed E-state index contributed by atoms with van der Waals surface area (Å²) in [5.74, 6) is 0.991. The summed E-state index contributed by atoms with van der Waals surface area (Å²) in [6.07, 6.45) is 0.695. The zero-order chi connectivity index (χ0) is 15.5. The molecule has 0 unspecified atom stereocenters. The van der Waals surface area contributed by atoms with Gasteiger partial charge in [0.1, 0.15) is 0 Å². The Bertz CT molecular complexity index is 436. The number of carbonyl (C=O) groups is 1. The Balaban J connectivity index is 2.48. The largest absolute Gasteiger partial charge is 0.493 e. The number of aliphatic hydroxyl groups is 1. The summed E-state index contributed by atoms with van der Waals surface area (Å²) in [7, 11) is 1.56. The molecule has 0 aliphatic heterocycles. The summed E-state index contributed by atoms with van der Waals surface area (Å²) < 4.78 is 15.7. The minimum absolute atomic E-state index is 0.0123. The van der Waals surface area contributed by atoms with Crippen molar-refractivity contribution in [2.75, 3.05) is 40.1 Å². The van der Waals surface area contributed by atoms with E-state index in [-0.39, 0.29) is 12.5 Å². The lowest BCUT2D eigenvalue weighted by Crippen LogP contribution is -2.25. The second kappa shape index (κ2) is 10.0. The third-order valence-corrected chi connectivity index (χ3v) is 2.71. The van der Waals surface area contributed by atoms with Crippen molar-refractivity contribution in [3.05, 3.63) is 23.8 Å². The smallest absolute Gasteiger partial charge is 0.251 e. The van der Waals surface area contributed by atoms with E-state index in [0.717, 1.165) is 0 Å². The highest BCUT2D eigenvalue weighted by Crippen LogP contribution is 2.27. The summed E-state index contributed by atoms with van der Waals surface area (Å²) in [5.41, 5.74) is 0.524. The van der Waals surface area contributed by atoms with Crippen LogP contribution in [0.15, 0.2) is 18.2 Å². The van der Waals surface area contributed by atoms with Crippen LogP contribution in [0, 0.1) is 0 Å². The highest BCUT2D eigenvalue weighted by atomic mass is 16.5. The standard InChI is InChI=1S/C15H23NO5/c1-3-21-14-11-12(5-6-13(14)19-2)15(18)16-7-4-9-20-10-8-17/h5-6,11,17H,3-4,7-10H2,1-2H3,(H,16,18). The van der Waals surface area contributed by atoms with Gasteiger partial charge in [0.05, 0.1) is 26.9 Å². The molecule has 0 saturated carbocycles. The SMILES string of the molecule is CCOc1cc(C(=O)NCCCOCCO)ccc1OC. The Hall–Kier alpha value is -1.79. The molecule has 0 heterocycles. The fraction of sp³-hybridized carbons (Fsp3) is 0.533. The highest BCUT2D eigenvalue weighted by molar-refractivity contribution is 5.94. The lowest BCUT2D eigenvalue weighted by molar-refractivity contribution is 0.0867. The molecule has 2 N–H and O–H groups in total. The number of nitrogens with one attached hydrogen (secondary N) is 1. The summed E-state index contributed by atoms with van der Waals surface area (Å²) in [6.45, 7) is 3.73. The van der Waals surface area contributed by atoms with Crippen LogP contribution in [0.3, 0.4) is 0 Å². The van der Waals surface area contributed by atoms with E-state index in [0.29, 0.717) is 49.8 Å². The van der Waals surface area contributed by atoms with Gasteiger partial charge in [-0.1, -0.05) is 0 Å². The molecule has 1 aromatic rings. The van der Waals surface area contributed by atoms with Crippen LogP contribution < -0.4 is 14.8 Å². The maximum Gasteiger partial charge on any atom is 0.251 e. The lowest BCUT2D eigenvalue weighted by Gasteiger charge is -2.11. The number of aliphatic hydroxyl groups excluding tert-OH is 1. The average Bonchev–Trinajstić information content (AvgIpc) is 2.50. The van der Waals surface area contributed by atoms with Crippen molar-refractivity contribution in [3.63, 3.8) is 0 Å². The van der Waals surface area contributed by atoms with Gasteiger partial charge in [-0.25, -0.2) is 0 Å². The number of hydrogen-bond acceptors (Lipinski definition) is 5. The molecule has 0 atom stereocenters. The van der Waals surface area contributed by atoms with Crippen molar-refractivity contribution in [2.24, 2.45) is 0 Å². The molecule has 118 valence electrons. The molecule has 1 amide bonds. The minimum atomic E-state index is -0.166. The van der Waals surface area contributed by atoms with Gasteiger partial charge in [-0.05, 0) is 31.5 Å². The maximum atomic E-state index is 12.0. The maximum absolute atomic E-state index is 12.0. The summed E-state index contributed by atoms with van der Waals surface area (Å²) in [6, 6.07) is 5.07. The Morgan fingerprint density at radius 1 is 1.29 bits per heavy atom. The third-order valence-electron chi connectivity index (χ3n) is 2.71. The van der Waals surface area contributed by atoms with E-state index < -0.39 is 0 Å². The van der Waals surface area contributed by atoms with Gasteiger partial charge >= 0.3 is 0 Å². The predicted molar refractivity (Wildman–Crippen MR) is 79.0 cm³/mol. The second-order valence-electron chi connectivity index (χ2n) is 4.24. The molecular weight excluding hydrogens is 274 g/mol. The first-order chi connectivity index (χ1) is 10.2. The Kier molecular flexibility index (Phi) is 8.23. The quantitative estimate of drug-likeness (QED) is 0.635. The van der Waals surface area contributed by atoms with Crippen LogP contribution in [0.5, 0.6) is 11.5 Å². The summed E-state index contributed by atoms with van der Waals surface area (Å²) in [5, 5.41) is 11.4. The molecule has 0 fully saturated rings. The van der Waals surface area contributed by atoms with Gasteiger partial charge in [-0.2, -0.15) is 0 Å². The molecule has 0 radical (unpaired) electrons. The topological polar surface area (TPSA) is 77.0 Å². The first kappa shape index (κ1) is 17.3. The van der Waals surface area contributed by atoms with E-state index in [2.05, 4.69) is 5.32 Å². The van der Waals surface area contributed by atoms with Crippen LogP contribution in [0.2, 0.25) is 0 Å². The van der Waals surface area contributed by atoms with Crippen molar-refractivity contribution < 1.29 is 24.1 Å². The Morgan fingerprint density at radius 3 is 2.76 bits per heavy atom. The molecule has 0 aliphatic carbocycles. The van der Waals surface area contributed by atoms with Gasteiger partial charge in [0.2, 0.25) is 0 Å². The molecule has 0 bridgehead atoms. The van der Waals surface area contributed by atoms with Crippen LogP contribution >= 0.6 is 0 Å². The van der Waals surface area contributed by atoms with E-state index in [9.17, 15) is 4.79 Å². The van der Waals surface area contributed by atoms with Crippen LogP contribution in [0.4, 0.5) is 0 Å². The van der Waals surface area contributed by atoms with Crippen molar-refractivity contribution in [1.82, 2.24) is 5.32 Å². The van der Waals surface area contributed by atoms with Gasteiger partial charge in [0, 0.05) is 18.7 Å². The van der Waals surface area contributed by atoms with Crippen LogP contribution in [-0.4, -0.2) is 51.1 Å². The van der Waals surface area contributed by atoms with Crippen LogP contribution in [0.25, 0.3) is 0 Å². The first-order valence-electron chi connectivity index (χ1n) is 7.00. The predicted octanol–water partition coefficient (Wildman–Crippen LogP) is 1.22. The van der Waals surface area contributed by atoms with Crippen molar-refractivity contribution >= 4 is 5.91 Å². The number of hydrogen-bond donors (Lipinski definition) is 2. The van der Waals surface area contributed by atoms with E-state index in [1.54, 1.807) is 25.3 Å². The van der Waals surface area contributed by atoms with E-state index in [1.807, 2.05) is 6.92 Å². The number of benzene rings is 1. The van der Waals surface area contributed by atoms with Gasteiger partial charge in [-0.15, -0.1) is 0 Å². The molecule has 21 heavy (non-hydrogen) atoms. The average molecular weight is 297 g/mol. The zero-order valence-electron chi connectivity index (χ0n) is 12.6. The van der Waals surface area contributed by atoms with Crippen molar-refractivity contribution in [1.29, 1.82) is 0 Å². The highest BCUT2D eigenvalue weighted by Gasteiger charge is 2.10. The first-order valence-corrected chi connectivity index (χ1v) is 7.00. The fourth-order valence-corrected chi connectivity index (χ4v) is 1.73. The molecule has 1 aromatic carbocycles. The Morgan fingerprint density at radius 2 is 2.10 bits per heavy atom. The normalized spacial score (nSPS) is 10.2. The lowest BCUT2D eigenvalue weighted by atomic mass is 10.2. The van der Waals surface area contributed by atoms with Gasteiger partial charge in [0.15, 0.2) is 11.5 Å². The van der Waals surface area contributed by atoms with E-state index >= 15 is 0 Å². The van der Waals surface area contributed by atoms with E-state index in [1.165, 1.54) is 0 Å². The second-order valence-corrected chi connectivity index (χ2v) is 4.24. The number of amides is 1. The number of carbonyl (C=O) groups excluding carboxylic acids is 1. The van der Waals surface area contributed by atoms with Gasteiger partial charge in [0.25, 0.3) is 5.91 Å². The molecule has 1 rings (SSSR count). The van der Waals surface area contributed by atoms with Crippen LogP contribution in [-0.2, 0) is 4.74 Å². The van der Waals surface area contributed by atoms with Crippen molar-refractivity contribution in [2.45, 2.75) is 13.3 Å². The minimum Gasteiger partial charge on any atom is -0.493 e. The number of rotatable bonds is 10. The van der Waals surface area contributed by atoms with Gasteiger partial charge in [-0.3, -0.25) is 4.79 Å². The fourth-order valence-electron chi connectivity index (χ4n) is 1.73. The molecule has 0 spiro atoms. The summed E-state index contributed by atoms with van der Waals surface area (Å²) in [4.78, 5) is 12.0. The van der Waals surface area contributed by atoms with E-state index in [4.69, 9.17) is 19.3 Å². The zero-order valence-corrected chi connectivity index (χ0v) is 12.6. The molecule has 0 saturated heterocycles. The molecule has 0 aromatic heterocycles. The molecule has 0 aliphatic rings. The number of methoxy groups -OCH3 is 1. The molecule has 6 heteroatoms. The molecule has 6 nitrogen and oxygen atoms in total.